The van der Waals surface area contributed by atoms with Crippen LogP contribution in [0.25, 0.3) is 10.9 Å². The van der Waals surface area contributed by atoms with Gasteiger partial charge in [0.1, 0.15) is 0 Å². The maximum Gasteiger partial charge on any atom is 0.0740 e. The van der Waals surface area contributed by atoms with Crippen LogP contribution in [0.5, 0.6) is 0 Å². The number of nitrogens with two attached hydrogens (primary N) is 1. The average Bonchev–Trinajstić information content (AvgIpc) is 2.48. The smallest absolute Gasteiger partial charge is 0.0740 e. The topological polar surface area (TPSA) is 42.1 Å². The lowest BCUT2D eigenvalue weighted by Crippen LogP contribution is -2.45. The summed E-state index contributed by atoms with van der Waals surface area (Å²) in [5, 5.41) is 1.94. The molecular formula is C17H22ClN3. The minimum Gasteiger partial charge on any atom is -0.327 e. The molecule has 0 spiro atoms. The molecule has 1 fully saturated rings. The van der Waals surface area contributed by atoms with Crippen molar-refractivity contribution in [2.45, 2.75) is 32.9 Å². The number of hydrogen-bond donors (Lipinski definition) is 1. The van der Waals surface area contributed by atoms with E-state index >= 15 is 0 Å². The molecule has 2 unspecified atom stereocenters. The maximum atomic E-state index is 6.54. The second kappa shape index (κ2) is 5.91. The number of halogens is 1. The highest BCUT2D eigenvalue weighted by atomic mass is 35.5. The van der Waals surface area contributed by atoms with Crippen LogP contribution in [-0.4, -0.2) is 29.0 Å². The molecule has 2 N–H and O–H groups in total. The van der Waals surface area contributed by atoms with Crippen molar-refractivity contribution in [1.29, 1.82) is 0 Å². The molecular weight excluding hydrogens is 282 g/mol. The number of para-hydroxylation sites is 1. The number of rotatable bonds is 2. The second-order valence-electron chi connectivity index (χ2n) is 6.18. The first kappa shape index (κ1) is 14.8. The first-order chi connectivity index (χ1) is 10.1. The van der Waals surface area contributed by atoms with Gasteiger partial charge in [0.15, 0.2) is 0 Å². The largest absolute Gasteiger partial charge is 0.327 e. The van der Waals surface area contributed by atoms with Gasteiger partial charge in [-0.3, -0.25) is 4.90 Å². The van der Waals surface area contributed by atoms with Gasteiger partial charge in [-0.2, -0.15) is 0 Å². The predicted octanol–water partition coefficient (Wildman–Crippen LogP) is 3.37. The van der Waals surface area contributed by atoms with Crippen LogP contribution in [0.4, 0.5) is 0 Å². The Morgan fingerprint density at radius 1 is 1.38 bits per heavy atom. The zero-order chi connectivity index (χ0) is 15.0. The van der Waals surface area contributed by atoms with E-state index in [0.717, 1.165) is 53.2 Å². The molecule has 2 heterocycles. The van der Waals surface area contributed by atoms with Crippen LogP contribution in [-0.2, 0) is 6.54 Å². The summed E-state index contributed by atoms with van der Waals surface area (Å²) < 4.78 is 0. The van der Waals surface area contributed by atoms with Crippen molar-refractivity contribution < 1.29 is 0 Å². The quantitative estimate of drug-likeness (QED) is 0.925. The van der Waals surface area contributed by atoms with Crippen molar-refractivity contribution in [2.75, 3.05) is 13.1 Å². The van der Waals surface area contributed by atoms with Gasteiger partial charge in [-0.1, -0.05) is 36.7 Å². The standard InChI is InChI=1S/C17H22ClN3/c1-11-9-21(8-7-14(11)19)10-16-17(18)12(2)13-5-3-4-6-15(13)20-16/h3-6,11,14H,7-10,19H2,1-2H3. The molecule has 0 bridgehead atoms. The van der Waals surface area contributed by atoms with Gasteiger partial charge in [0.2, 0.25) is 0 Å². The molecule has 112 valence electrons. The fourth-order valence-electron chi connectivity index (χ4n) is 3.13. The van der Waals surface area contributed by atoms with E-state index in [1.165, 1.54) is 0 Å². The molecule has 1 aromatic heterocycles. The number of fused-ring (bicyclic) bond motifs is 1. The Bertz CT molecular complexity index is 656. The average molecular weight is 304 g/mol. The molecule has 3 nitrogen and oxygen atoms in total. The normalized spacial score (nSPS) is 23.6. The zero-order valence-corrected chi connectivity index (χ0v) is 13.4. The third-order valence-electron chi connectivity index (χ3n) is 4.58. The van der Waals surface area contributed by atoms with E-state index < -0.39 is 0 Å². The van der Waals surface area contributed by atoms with Gasteiger partial charge in [-0.25, -0.2) is 4.98 Å². The van der Waals surface area contributed by atoms with E-state index in [2.05, 4.69) is 30.9 Å². The van der Waals surface area contributed by atoms with Crippen LogP contribution >= 0.6 is 11.6 Å². The predicted molar refractivity (Wildman–Crippen MR) is 88.5 cm³/mol. The van der Waals surface area contributed by atoms with Gasteiger partial charge in [-0.05, 0) is 30.9 Å². The summed E-state index contributed by atoms with van der Waals surface area (Å²) in [6, 6.07) is 8.50. The van der Waals surface area contributed by atoms with Gasteiger partial charge in [0.05, 0.1) is 16.2 Å². The highest BCUT2D eigenvalue weighted by Gasteiger charge is 2.24. The molecule has 4 heteroatoms. The number of pyridine rings is 1. The van der Waals surface area contributed by atoms with Crippen LogP contribution < -0.4 is 5.73 Å². The third-order valence-corrected chi connectivity index (χ3v) is 5.08. The molecule has 0 amide bonds. The summed E-state index contributed by atoms with van der Waals surface area (Å²) in [7, 11) is 0. The van der Waals surface area contributed by atoms with Crippen LogP contribution in [0.1, 0.15) is 24.6 Å². The van der Waals surface area contributed by atoms with Gasteiger partial charge < -0.3 is 5.73 Å². The fourth-order valence-corrected chi connectivity index (χ4v) is 3.33. The summed E-state index contributed by atoms with van der Waals surface area (Å²) in [5.74, 6) is 0.527. The van der Waals surface area contributed by atoms with E-state index in [1.807, 2.05) is 12.1 Å². The maximum absolute atomic E-state index is 6.54. The molecule has 0 radical (unpaired) electrons. The van der Waals surface area contributed by atoms with Crippen molar-refractivity contribution >= 4 is 22.5 Å². The third kappa shape index (κ3) is 2.91. The molecule has 1 saturated heterocycles. The van der Waals surface area contributed by atoms with Gasteiger partial charge in [0, 0.05) is 31.1 Å². The summed E-state index contributed by atoms with van der Waals surface area (Å²) in [6.45, 7) is 7.14. The first-order valence-electron chi connectivity index (χ1n) is 7.58. The molecule has 2 aromatic rings. The SMILES string of the molecule is Cc1c(Cl)c(CN2CCC(N)C(C)C2)nc2ccccc12. The number of likely N-dealkylation sites (tertiary alicyclic amines) is 1. The second-order valence-corrected chi connectivity index (χ2v) is 6.56. The Kier molecular flexibility index (Phi) is 4.16. The minimum absolute atomic E-state index is 0.322. The van der Waals surface area contributed by atoms with E-state index in [0.29, 0.717) is 12.0 Å². The number of nitrogens with zero attached hydrogens (tertiary/aromatic N) is 2. The van der Waals surface area contributed by atoms with Gasteiger partial charge >= 0.3 is 0 Å². The summed E-state index contributed by atoms with van der Waals surface area (Å²) in [5.41, 5.74) is 9.22. The lowest BCUT2D eigenvalue weighted by atomic mass is 9.94. The Labute approximate surface area is 131 Å². The van der Waals surface area contributed by atoms with E-state index in [9.17, 15) is 0 Å². The molecule has 3 rings (SSSR count). The molecule has 0 saturated carbocycles. The number of aryl methyl sites for hydroxylation is 1. The van der Waals surface area contributed by atoms with Crippen LogP contribution in [0, 0.1) is 12.8 Å². The van der Waals surface area contributed by atoms with E-state index in [-0.39, 0.29) is 0 Å². The van der Waals surface area contributed by atoms with Crippen LogP contribution in [0.3, 0.4) is 0 Å². The van der Waals surface area contributed by atoms with Crippen molar-refractivity contribution in [2.24, 2.45) is 11.7 Å². The first-order valence-corrected chi connectivity index (χ1v) is 7.95. The fraction of sp³-hybridized carbons (Fsp3) is 0.471. The molecule has 21 heavy (non-hydrogen) atoms. The Balaban J connectivity index is 1.89. The van der Waals surface area contributed by atoms with Crippen molar-refractivity contribution in [3.05, 3.63) is 40.5 Å². The minimum atomic E-state index is 0.322. The van der Waals surface area contributed by atoms with Gasteiger partial charge in [-0.15, -0.1) is 0 Å². The van der Waals surface area contributed by atoms with Crippen molar-refractivity contribution in [1.82, 2.24) is 9.88 Å². The van der Waals surface area contributed by atoms with Crippen molar-refractivity contribution in [3.63, 3.8) is 0 Å². The Morgan fingerprint density at radius 2 is 2.14 bits per heavy atom. The monoisotopic (exact) mass is 303 g/mol. The Morgan fingerprint density at radius 3 is 2.90 bits per heavy atom. The Hall–Kier alpha value is -1.16. The lowest BCUT2D eigenvalue weighted by Gasteiger charge is -2.35. The lowest BCUT2D eigenvalue weighted by molar-refractivity contribution is 0.156. The number of hydrogen-bond acceptors (Lipinski definition) is 3. The zero-order valence-electron chi connectivity index (χ0n) is 12.6. The molecule has 1 aliphatic heterocycles. The highest BCUT2D eigenvalue weighted by Crippen LogP contribution is 2.28. The number of benzene rings is 1. The molecule has 1 aliphatic rings. The number of piperidine rings is 1. The molecule has 0 aliphatic carbocycles. The van der Waals surface area contributed by atoms with Crippen molar-refractivity contribution in [3.8, 4) is 0 Å². The molecule has 2 atom stereocenters. The number of aromatic nitrogens is 1. The van der Waals surface area contributed by atoms with Crippen LogP contribution in [0.15, 0.2) is 24.3 Å². The summed E-state index contributed by atoms with van der Waals surface area (Å²) in [4.78, 5) is 7.18. The summed E-state index contributed by atoms with van der Waals surface area (Å²) in [6.07, 6.45) is 1.05. The highest BCUT2D eigenvalue weighted by molar-refractivity contribution is 6.32. The van der Waals surface area contributed by atoms with E-state index in [4.69, 9.17) is 22.3 Å². The van der Waals surface area contributed by atoms with Crippen LogP contribution in [0.2, 0.25) is 5.02 Å². The summed E-state index contributed by atoms with van der Waals surface area (Å²) >= 11 is 6.54. The van der Waals surface area contributed by atoms with Gasteiger partial charge in [0.25, 0.3) is 0 Å². The molecule has 1 aromatic carbocycles. The van der Waals surface area contributed by atoms with E-state index in [1.54, 1.807) is 0 Å².